The minimum Gasteiger partial charge on any atom is -0.368 e. The van der Waals surface area contributed by atoms with Gasteiger partial charge in [0.15, 0.2) is 0 Å². The number of urea groups is 1. The molecule has 2 fully saturated rings. The highest BCUT2D eigenvalue weighted by molar-refractivity contribution is 6.17. The third-order valence-electron chi connectivity index (χ3n) is 4.31. The maximum Gasteiger partial charge on any atom is 0.331 e. The van der Waals surface area contributed by atoms with Gasteiger partial charge in [0, 0.05) is 0 Å². The zero-order valence-corrected chi connectivity index (χ0v) is 12.3. The highest BCUT2D eigenvalue weighted by atomic mass is 16.2. The van der Waals surface area contributed by atoms with Gasteiger partial charge in [-0.3, -0.25) is 24.6 Å². The first-order valence-corrected chi connectivity index (χ1v) is 7.31. The summed E-state index contributed by atoms with van der Waals surface area (Å²) in [6.07, 6.45) is 3.52. The summed E-state index contributed by atoms with van der Waals surface area (Å²) in [5, 5.41) is 2.20. The van der Waals surface area contributed by atoms with Crippen molar-refractivity contribution in [2.75, 3.05) is 0 Å². The normalized spacial score (nSPS) is 25.4. The standard InChI is InChI=1S/C14H21N3O4/c1-7(2)10(11(15)18)17-13(20)9(8-5-3-4-6-8)12(19)16-14(17)21/h7-10H,3-6H2,1-2H3,(H2,15,18)(H,16,19,21). The second kappa shape index (κ2) is 5.83. The number of amides is 5. The molecule has 2 unspecified atom stereocenters. The number of rotatable bonds is 4. The highest BCUT2D eigenvalue weighted by Crippen LogP contribution is 2.34. The summed E-state index contributed by atoms with van der Waals surface area (Å²) in [6.45, 7) is 3.41. The van der Waals surface area contributed by atoms with Gasteiger partial charge in [-0.25, -0.2) is 4.79 Å². The first-order chi connectivity index (χ1) is 9.84. The minimum absolute atomic E-state index is 0.0613. The van der Waals surface area contributed by atoms with Crippen molar-refractivity contribution in [2.45, 2.75) is 45.6 Å². The Morgan fingerprint density at radius 1 is 1.24 bits per heavy atom. The number of primary amides is 1. The van der Waals surface area contributed by atoms with E-state index in [4.69, 9.17) is 5.73 Å². The maximum absolute atomic E-state index is 12.6. The SMILES string of the molecule is CC(C)C(C(N)=O)N1C(=O)NC(=O)C(C2CCCC2)C1=O. The molecule has 7 nitrogen and oxygen atoms in total. The molecule has 116 valence electrons. The molecule has 0 radical (unpaired) electrons. The summed E-state index contributed by atoms with van der Waals surface area (Å²) in [5.74, 6) is -3.14. The summed E-state index contributed by atoms with van der Waals surface area (Å²) >= 11 is 0. The zero-order chi connectivity index (χ0) is 15.7. The van der Waals surface area contributed by atoms with Crippen molar-refractivity contribution in [1.82, 2.24) is 10.2 Å². The van der Waals surface area contributed by atoms with Gasteiger partial charge in [0.25, 0.3) is 0 Å². The predicted molar refractivity (Wildman–Crippen MR) is 73.7 cm³/mol. The van der Waals surface area contributed by atoms with Crippen LogP contribution < -0.4 is 11.1 Å². The molecule has 2 aliphatic rings. The van der Waals surface area contributed by atoms with Gasteiger partial charge < -0.3 is 5.73 Å². The van der Waals surface area contributed by atoms with Gasteiger partial charge in [-0.2, -0.15) is 0 Å². The molecule has 1 saturated heterocycles. The molecule has 1 aliphatic carbocycles. The Hall–Kier alpha value is -1.92. The molecule has 1 aliphatic heterocycles. The number of imide groups is 2. The van der Waals surface area contributed by atoms with Crippen LogP contribution in [0.2, 0.25) is 0 Å². The number of hydrogen-bond acceptors (Lipinski definition) is 4. The van der Waals surface area contributed by atoms with Crippen molar-refractivity contribution in [3.63, 3.8) is 0 Å². The largest absolute Gasteiger partial charge is 0.368 e. The second-order valence-corrected chi connectivity index (χ2v) is 6.12. The van der Waals surface area contributed by atoms with E-state index in [-0.39, 0.29) is 11.8 Å². The Balaban J connectivity index is 2.31. The van der Waals surface area contributed by atoms with Crippen molar-refractivity contribution in [3.05, 3.63) is 0 Å². The zero-order valence-electron chi connectivity index (χ0n) is 12.3. The topological polar surface area (TPSA) is 110 Å². The van der Waals surface area contributed by atoms with E-state index in [9.17, 15) is 19.2 Å². The molecule has 7 heteroatoms. The van der Waals surface area contributed by atoms with Gasteiger partial charge in [0.2, 0.25) is 17.7 Å². The fraction of sp³-hybridized carbons (Fsp3) is 0.714. The number of nitrogens with one attached hydrogen (secondary N) is 1. The predicted octanol–water partition coefficient (Wildman–Crippen LogP) is 0.381. The fourth-order valence-electron chi connectivity index (χ4n) is 3.33. The van der Waals surface area contributed by atoms with E-state index in [0.29, 0.717) is 0 Å². The van der Waals surface area contributed by atoms with Crippen LogP contribution in [-0.4, -0.2) is 34.7 Å². The van der Waals surface area contributed by atoms with E-state index in [1.54, 1.807) is 13.8 Å². The molecule has 5 amide bonds. The molecule has 21 heavy (non-hydrogen) atoms. The van der Waals surface area contributed by atoms with E-state index in [2.05, 4.69) is 5.32 Å². The van der Waals surface area contributed by atoms with Gasteiger partial charge in [0.1, 0.15) is 12.0 Å². The Labute approximate surface area is 123 Å². The van der Waals surface area contributed by atoms with Gasteiger partial charge in [-0.1, -0.05) is 26.7 Å². The van der Waals surface area contributed by atoms with Crippen molar-refractivity contribution < 1.29 is 19.2 Å². The van der Waals surface area contributed by atoms with Crippen LogP contribution >= 0.6 is 0 Å². The maximum atomic E-state index is 12.6. The number of carbonyl (C=O) groups is 4. The summed E-state index contributed by atoms with van der Waals surface area (Å²) in [5.41, 5.74) is 5.33. The number of hydrogen-bond donors (Lipinski definition) is 2. The molecule has 0 bridgehead atoms. The van der Waals surface area contributed by atoms with Crippen LogP contribution in [0.1, 0.15) is 39.5 Å². The third kappa shape index (κ3) is 2.77. The van der Waals surface area contributed by atoms with Crippen LogP contribution in [0.3, 0.4) is 0 Å². The van der Waals surface area contributed by atoms with Crippen LogP contribution in [0, 0.1) is 17.8 Å². The third-order valence-corrected chi connectivity index (χ3v) is 4.31. The monoisotopic (exact) mass is 295 g/mol. The van der Waals surface area contributed by atoms with Crippen LogP contribution in [0.25, 0.3) is 0 Å². The number of nitrogens with zero attached hydrogens (tertiary/aromatic N) is 1. The molecule has 1 heterocycles. The average molecular weight is 295 g/mol. The van der Waals surface area contributed by atoms with Crippen LogP contribution in [0.5, 0.6) is 0 Å². The van der Waals surface area contributed by atoms with Crippen molar-refractivity contribution in [1.29, 1.82) is 0 Å². The molecular formula is C14H21N3O4. The summed E-state index contributed by atoms with van der Waals surface area (Å²) < 4.78 is 0. The Morgan fingerprint density at radius 2 is 1.81 bits per heavy atom. The van der Waals surface area contributed by atoms with Crippen LogP contribution in [-0.2, 0) is 14.4 Å². The lowest BCUT2D eigenvalue weighted by Crippen LogP contribution is -2.65. The molecule has 0 aromatic carbocycles. The molecule has 0 aromatic rings. The number of carbonyl (C=O) groups excluding carboxylic acids is 4. The summed E-state index contributed by atoms with van der Waals surface area (Å²) in [6, 6.07) is -1.88. The Kier molecular flexibility index (Phi) is 4.29. The fourth-order valence-corrected chi connectivity index (χ4v) is 3.33. The smallest absolute Gasteiger partial charge is 0.331 e. The summed E-state index contributed by atoms with van der Waals surface area (Å²) in [7, 11) is 0. The Bertz CT molecular complexity index is 483. The number of barbiturate groups is 1. The van der Waals surface area contributed by atoms with Gasteiger partial charge in [0.05, 0.1) is 0 Å². The molecule has 3 N–H and O–H groups in total. The molecule has 2 atom stereocenters. The van der Waals surface area contributed by atoms with E-state index >= 15 is 0 Å². The van der Waals surface area contributed by atoms with E-state index in [1.807, 2.05) is 0 Å². The molecule has 0 aromatic heterocycles. The first-order valence-electron chi connectivity index (χ1n) is 7.31. The highest BCUT2D eigenvalue weighted by Gasteiger charge is 2.49. The molecule has 1 saturated carbocycles. The molecular weight excluding hydrogens is 274 g/mol. The molecule has 0 spiro atoms. The quantitative estimate of drug-likeness (QED) is 0.730. The van der Waals surface area contributed by atoms with Gasteiger partial charge in [-0.15, -0.1) is 0 Å². The Morgan fingerprint density at radius 3 is 2.29 bits per heavy atom. The lowest BCUT2D eigenvalue weighted by atomic mass is 9.86. The van der Waals surface area contributed by atoms with E-state index in [0.717, 1.165) is 30.6 Å². The molecule has 2 rings (SSSR count). The lowest BCUT2D eigenvalue weighted by molar-refractivity contribution is -0.150. The summed E-state index contributed by atoms with van der Waals surface area (Å²) in [4.78, 5) is 49.1. The van der Waals surface area contributed by atoms with Crippen molar-refractivity contribution >= 4 is 23.8 Å². The van der Waals surface area contributed by atoms with Gasteiger partial charge >= 0.3 is 6.03 Å². The average Bonchev–Trinajstić information content (AvgIpc) is 2.86. The van der Waals surface area contributed by atoms with Crippen LogP contribution in [0.15, 0.2) is 0 Å². The lowest BCUT2D eigenvalue weighted by Gasteiger charge is -2.37. The van der Waals surface area contributed by atoms with Gasteiger partial charge in [-0.05, 0) is 24.7 Å². The second-order valence-electron chi connectivity index (χ2n) is 6.12. The van der Waals surface area contributed by atoms with Crippen LogP contribution in [0.4, 0.5) is 4.79 Å². The van der Waals surface area contributed by atoms with E-state index in [1.165, 1.54) is 0 Å². The minimum atomic E-state index is -1.03. The van der Waals surface area contributed by atoms with E-state index < -0.39 is 35.7 Å². The van der Waals surface area contributed by atoms with Crippen molar-refractivity contribution in [3.8, 4) is 0 Å². The number of nitrogens with two attached hydrogens (primary N) is 1. The van der Waals surface area contributed by atoms with Crippen molar-refractivity contribution in [2.24, 2.45) is 23.5 Å². The first kappa shape index (κ1) is 15.5.